The molecule has 104 valence electrons. The third-order valence-electron chi connectivity index (χ3n) is 4.69. The maximum Gasteiger partial charge on any atom is 0.149 e. The molecule has 1 atom stereocenters. The van der Waals surface area contributed by atoms with E-state index in [9.17, 15) is 4.79 Å². The lowest BCUT2D eigenvalue weighted by Gasteiger charge is -2.36. The van der Waals surface area contributed by atoms with Crippen LogP contribution in [0.5, 0.6) is 0 Å². The van der Waals surface area contributed by atoms with Crippen LogP contribution in [0, 0.1) is 5.92 Å². The summed E-state index contributed by atoms with van der Waals surface area (Å²) in [6.07, 6.45) is 8.63. The van der Waals surface area contributed by atoms with E-state index in [1.807, 2.05) is 0 Å². The lowest BCUT2D eigenvalue weighted by atomic mass is 9.86. The van der Waals surface area contributed by atoms with E-state index < -0.39 is 0 Å². The molecule has 0 aromatic heterocycles. The van der Waals surface area contributed by atoms with E-state index in [2.05, 4.69) is 23.9 Å². The Labute approximate surface area is 112 Å². The van der Waals surface area contributed by atoms with Gasteiger partial charge in [0, 0.05) is 18.5 Å². The number of likely N-dealkylation sites (tertiary alicyclic amines) is 1. The van der Waals surface area contributed by atoms with Gasteiger partial charge in [-0.25, -0.2) is 0 Å². The molecule has 0 aromatic carbocycles. The number of likely N-dealkylation sites (N-methyl/N-ethyl adjacent to an activating group) is 2. The summed E-state index contributed by atoms with van der Waals surface area (Å²) in [5, 5.41) is 0. The first kappa shape index (κ1) is 14.0. The molecule has 1 aliphatic heterocycles. The van der Waals surface area contributed by atoms with Gasteiger partial charge in [-0.15, -0.1) is 0 Å². The number of hydrogen-bond acceptors (Lipinski definition) is 3. The Hall–Kier alpha value is -0.410. The third kappa shape index (κ3) is 3.79. The van der Waals surface area contributed by atoms with Crippen molar-refractivity contribution in [2.24, 2.45) is 5.92 Å². The van der Waals surface area contributed by atoms with Crippen LogP contribution in [0.15, 0.2) is 0 Å². The first-order valence-electron chi connectivity index (χ1n) is 7.58. The quantitative estimate of drug-likeness (QED) is 0.766. The van der Waals surface area contributed by atoms with Gasteiger partial charge in [0.15, 0.2) is 0 Å². The first-order chi connectivity index (χ1) is 8.66. The van der Waals surface area contributed by atoms with Gasteiger partial charge >= 0.3 is 0 Å². The fourth-order valence-corrected chi connectivity index (χ4v) is 3.43. The highest BCUT2D eigenvalue weighted by Gasteiger charge is 2.26. The highest BCUT2D eigenvalue weighted by atomic mass is 16.1. The zero-order chi connectivity index (χ0) is 13.0. The van der Waals surface area contributed by atoms with Crippen molar-refractivity contribution in [2.75, 3.05) is 33.7 Å². The molecule has 2 fully saturated rings. The molecule has 1 heterocycles. The zero-order valence-electron chi connectivity index (χ0n) is 12.0. The lowest BCUT2D eigenvalue weighted by Crippen LogP contribution is -2.47. The molecule has 1 saturated heterocycles. The van der Waals surface area contributed by atoms with Crippen LogP contribution < -0.4 is 0 Å². The van der Waals surface area contributed by atoms with Crippen LogP contribution in [0.4, 0.5) is 0 Å². The molecule has 1 aliphatic carbocycles. The fraction of sp³-hybridized carbons (Fsp3) is 0.933. The average Bonchev–Trinajstić information content (AvgIpc) is 2.39. The van der Waals surface area contributed by atoms with Crippen LogP contribution in [0.2, 0.25) is 0 Å². The lowest BCUT2D eigenvalue weighted by molar-refractivity contribution is -0.125. The maximum absolute atomic E-state index is 12.3. The number of ketones is 1. The van der Waals surface area contributed by atoms with Gasteiger partial charge < -0.3 is 4.90 Å². The van der Waals surface area contributed by atoms with E-state index >= 15 is 0 Å². The molecule has 0 aromatic rings. The highest BCUT2D eigenvalue weighted by molar-refractivity contribution is 5.83. The monoisotopic (exact) mass is 252 g/mol. The number of nitrogens with zero attached hydrogens (tertiary/aromatic N) is 2. The van der Waals surface area contributed by atoms with Gasteiger partial charge in [-0.3, -0.25) is 9.69 Å². The second-order valence-electron chi connectivity index (χ2n) is 6.27. The molecule has 1 saturated carbocycles. The molecule has 2 rings (SSSR count). The van der Waals surface area contributed by atoms with Crippen molar-refractivity contribution < 1.29 is 4.79 Å². The van der Waals surface area contributed by atoms with E-state index in [4.69, 9.17) is 0 Å². The Morgan fingerprint density at radius 3 is 2.56 bits per heavy atom. The van der Waals surface area contributed by atoms with Crippen LogP contribution >= 0.6 is 0 Å². The molecule has 3 heteroatoms. The molecule has 3 nitrogen and oxygen atoms in total. The van der Waals surface area contributed by atoms with Crippen molar-refractivity contribution in [3.05, 3.63) is 0 Å². The van der Waals surface area contributed by atoms with Gasteiger partial charge in [-0.05, 0) is 46.3 Å². The van der Waals surface area contributed by atoms with Gasteiger partial charge in [0.25, 0.3) is 0 Å². The predicted octanol–water partition coefficient (Wildman–Crippen LogP) is 2.16. The summed E-state index contributed by atoms with van der Waals surface area (Å²) >= 11 is 0. The molecule has 0 bridgehead atoms. The minimum absolute atomic E-state index is 0.363. The standard InChI is InChI=1S/C15H28N2O/c1-16-10-6-9-14(11-16)17(2)12-15(18)13-7-4-3-5-8-13/h13-14H,3-12H2,1-2H3. The summed E-state index contributed by atoms with van der Waals surface area (Å²) < 4.78 is 0. The van der Waals surface area contributed by atoms with Crippen molar-refractivity contribution in [3.63, 3.8) is 0 Å². The normalized spacial score (nSPS) is 27.6. The molecular formula is C15H28N2O. The van der Waals surface area contributed by atoms with Gasteiger partial charge in [-0.2, -0.15) is 0 Å². The predicted molar refractivity (Wildman–Crippen MR) is 74.7 cm³/mol. The summed E-state index contributed by atoms with van der Waals surface area (Å²) in [5.74, 6) is 0.855. The third-order valence-corrected chi connectivity index (χ3v) is 4.69. The molecular weight excluding hydrogens is 224 g/mol. The van der Waals surface area contributed by atoms with E-state index in [1.165, 1.54) is 38.6 Å². The summed E-state index contributed by atoms with van der Waals surface area (Å²) in [7, 11) is 4.31. The molecule has 18 heavy (non-hydrogen) atoms. The van der Waals surface area contributed by atoms with Crippen molar-refractivity contribution >= 4 is 5.78 Å². The second-order valence-corrected chi connectivity index (χ2v) is 6.27. The fourth-order valence-electron chi connectivity index (χ4n) is 3.43. The van der Waals surface area contributed by atoms with Crippen LogP contribution in [-0.2, 0) is 4.79 Å². The van der Waals surface area contributed by atoms with Gasteiger partial charge in [0.2, 0.25) is 0 Å². The number of rotatable bonds is 4. The molecule has 1 unspecified atom stereocenters. The average molecular weight is 252 g/mol. The smallest absolute Gasteiger partial charge is 0.149 e. The van der Waals surface area contributed by atoms with Crippen molar-refractivity contribution in [1.82, 2.24) is 9.80 Å². The SMILES string of the molecule is CN1CCCC(N(C)CC(=O)C2CCCCC2)C1. The van der Waals surface area contributed by atoms with E-state index in [-0.39, 0.29) is 0 Å². The molecule has 0 N–H and O–H groups in total. The number of piperidine rings is 1. The van der Waals surface area contributed by atoms with E-state index in [0.717, 1.165) is 19.4 Å². The zero-order valence-corrected chi connectivity index (χ0v) is 12.0. The minimum Gasteiger partial charge on any atom is -0.305 e. The topological polar surface area (TPSA) is 23.6 Å². The van der Waals surface area contributed by atoms with Crippen LogP contribution in [0.1, 0.15) is 44.9 Å². The van der Waals surface area contributed by atoms with Gasteiger partial charge in [0.1, 0.15) is 5.78 Å². The first-order valence-corrected chi connectivity index (χ1v) is 7.58. The maximum atomic E-state index is 12.3. The van der Waals surface area contributed by atoms with Crippen LogP contribution in [0.25, 0.3) is 0 Å². The summed E-state index contributed by atoms with van der Waals surface area (Å²) in [5.41, 5.74) is 0. The Balaban J connectivity index is 1.78. The molecule has 0 radical (unpaired) electrons. The van der Waals surface area contributed by atoms with E-state index in [1.54, 1.807) is 0 Å². The van der Waals surface area contributed by atoms with Crippen LogP contribution in [-0.4, -0.2) is 55.4 Å². The number of carbonyl (C=O) groups excluding carboxylic acids is 1. The number of Topliss-reactive ketones (excluding diaryl/α,β-unsaturated/α-hetero) is 1. The highest BCUT2D eigenvalue weighted by Crippen LogP contribution is 2.25. The van der Waals surface area contributed by atoms with Crippen molar-refractivity contribution in [2.45, 2.75) is 51.0 Å². The van der Waals surface area contributed by atoms with Crippen LogP contribution in [0.3, 0.4) is 0 Å². The van der Waals surface area contributed by atoms with Crippen molar-refractivity contribution in [3.8, 4) is 0 Å². The van der Waals surface area contributed by atoms with Gasteiger partial charge in [0.05, 0.1) is 6.54 Å². The number of carbonyl (C=O) groups is 1. The Morgan fingerprint density at radius 1 is 1.17 bits per heavy atom. The van der Waals surface area contributed by atoms with E-state index in [0.29, 0.717) is 24.3 Å². The summed E-state index contributed by atoms with van der Waals surface area (Å²) in [4.78, 5) is 17.0. The van der Waals surface area contributed by atoms with Gasteiger partial charge in [-0.1, -0.05) is 19.3 Å². The molecule has 2 aliphatic rings. The largest absolute Gasteiger partial charge is 0.305 e. The Bertz CT molecular complexity index is 274. The minimum atomic E-state index is 0.363. The summed E-state index contributed by atoms with van der Waals surface area (Å²) in [6.45, 7) is 3.00. The Morgan fingerprint density at radius 2 is 1.89 bits per heavy atom. The Kier molecular flexibility index (Phi) is 5.19. The number of hydrogen-bond donors (Lipinski definition) is 0. The summed E-state index contributed by atoms with van der Waals surface area (Å²) in [6, 6.07) is 0.580. The molecule has 0 amide bonds. The second kappa shape index (κ2) is 6.67. The van der Waals surface area contributed by atoms with Crippen molar-refractivity contribution in [1.29, 1.82) is 0 Å². The molecule has 0 spiro atoms.